The highest BCUT2D eigenvalue weighted by Gasteiger charge is 1.94. The fourth-order valence-electron chi connectivity index (χ4n) is 0.267. The summed E-state index contributed by atoms with van der Waals surface area (Å²) in [5.74, 6) is 1.01. The SMILES string of the molecule is BrC1=CSCN1. The predicted octanol–water partition coefficient (Wildman–Crippen LogP) is 1.47. The first kappa shape index (κ1) is 4.53. The highest BCUT2D eigenvalue weighted by atomic mass is 79.9. The molecule has 0 saturated heterocycles. The van der Waals surface area contributed by atoms with Gasteiger partial charge in [-0.25, -0.2) is 0 Å². The number of rotatable bonds is 0. The number of hydrogen-bond acceptors (Lipinski definition) is 2. The van der Waals surface area contributed by atoms with Crippen molar-refractivity contribution in [2.75, 3.05) is 5.88 Å². The van der Waals surface area contributed by atoms with Crippen molar-refractivity contribution in [2.24, 2.45) is 0 Å². The lowest BCUT2D eigenvalue weighted by Crippen LogP contribution is -1.99. The third-order valence-corrected chi connectivity index (χ3v) is 2.04. The van der Waals surface area contributed by atoms with E-state index in [-0.39, 0.29) is 0 Å². The van der Waals surface area contributed by atoms with Gasteiger partial charge in [0, 0.05) is 5.41 Å². The van der Waals surface area contributed by atoms with Crippen molar-refractivity contribution in [2.45, 2.75) is 0 Å². The molecule has 0 saturated carbocycles. The molecule has 0 aromatic rings. The summed E-state index contributed by atoms with van der Waals surface area (Å²) in [5, 5.41) is 5.10. The van der Waals surface area contributed by atoms with Crippen LogP contribution in [0, 0.1) is 0 Å². The van der Waals surface area contributed by atoms with Gasteiger partial charge in [0.2, 0.25) is 0 Å². The van der Waals surface area contributed by atoms with Crippen LogP contribution in [0.1, 0.15) is 0 Å². The highest BCUT2D eigenvalue weighted by Crippen LogP contribution is 2.15. The molecule has 6 heavy (non-hydrogen) atoms. The lowest BCUT2D eigenvalue weighted by Gasteiger charge is -1.85. The Bertz CT molecular complexity index is 80.9. The number of hydrogen-bond donors (Lipinski definition) is 1. The van der Waals surface area contributed by atoms with Gasteiger partial charge in [-0.15, -0.1) is 11.8 Å². The Morgan fingerprint density at radius 1 is 2.00 bits per heavy atom. The molecular weight excluding hydrogens is 162 g/mol. The van der Waals surface area contributed by atoms with Crippen LogP contribution in [0.15, 0.2) is 10.0 Å². The van der Waals surface area contributed by atoms with Crippen LogP contribution in [0.4, 0.5) is 0 Å². The first-order valence-corrected chi connectivity index (χ1v) is 3.45. The summed E-state index contributed by atoms with van der Waals surface area (Å²) in [6, 6.07) is 0. The molecule has 1 nitrogen and oxygen atoms in total. The molecule has 0 atom stereocenters. The summed E-state index contributed by atoms with van der Waals surface area (Å²) in [4.78, 5) is 0. The smallest absolute Gasteiger partial charge is 0.0851 e. The van der Waals surface area contributed by atoms with Gasteiger partial charge < -0.3 is 5.32 Å². The largest absolute Gasteiger partial charge is 0.370 e. The zero-order valence-corrected chi connectivity index (χ0v) is 5.47. The second-order valence-corrected chi connectivity index (χ2v) is 2.67. The molecule has 0 unspecified atom stereocenters. The van der Waals surface area contributed by atoms with E-state index in [1.54, 1.807) is 11.8 Å². The molecule has 1 N–H and O–H groups in total. The van der Waals surface area contributed by atoms with Crippen LogP contribution in [-0.4, -0.2) is 5.88 Å². The van der Waals surface area contributed by atoms with Gasteiger partial charge in [0.25, 0.3) is 0 Å². The van der Waals surface area contributed by atoms with Crippen LogP contribution < -0.4 is 5.32 Å². The first-order valence-electron chi connectivity index (χ1n) is 1.61. The average Bonchev–Trinajstić information content (AvgIpc) is 1.86. The third kappa shape index (κ3) is 0.914. The summed E-state index contributed by atoms with van der Waals surface area (Å²) in [7, 11) is 0. The monoisotopic (exact) mass is 165 g/mol. The van der Waals surface area contributed by atoms with E-state index in [0.29, 0.717) is 0 Å². The zero-order chi connectivity index (χ0) is 4.41. The summed E-state index contributed by atoms with van der Waals surface area (Å²) >= 11 is 5.03. The molecule has 0 aromatic heterocycles. The van der Waals surface area contributed by atoms with Crippen molar-refractivity contribution in [3.63, 3.8) is 0 Å². The summed E-state index contributed by atoms with van der Waals surface area (Å²) < 4.78 is 1.10. The summed E-state index contributed by atoms with van der Waals surface area (Å²) in [5.41, 5.74) is 0. The number of nitrogens with one attached hydrogen (secondary N) is 1. The van der Waals surface area contributed by atoms with Crippen molar-refractivity contribution < 1.29 is 0 Å². The molecule has 34 valence electrons. The van der Waals surface area contributed by atoms with Crippen molar-refractivity contribution in [1.29, 1.82) is 0 Å². The molecular formula is C3H4BrNS. The van der Waals surface area contributed by atoms with Crippen LogP contribution in [0.25, 0.3) is 0 Å². The molecule has 3 heteroatoms. The van der Waals surface area contributed by atoms with Crippen molar-refractivity contribution in [3.8, 4) is 0 Å². The summed E-state index contributed by atoms with van der Waals surface area (Å²) in [6.45, 7) is 0. The Labute approximate surface area is 49.3 Å². The molecule has 0 aliphatic carbocycles. The normalized spacial score (nSPS) is 19.8. The number of halogens is 1. The molecule has 0 aromatic carbocycles. The molecule has 1 rings (SSSR count). The van der Waals surface area contributed by atoms with Gasteiger partial charge in [-0.05, 0) is 15.9 Å². The second kappa shape index (κ2) is 1.89. The molecule has 1 heterocycles. The highest BCUT2D eigenvalue weighted by molar-refractivity contribution is 9.11. The number of thioether (sulfide) groups is 1. The maximum Gasteiger partial charge on any atom is 0.0851 e. The van der Waals surface area contributed by atoms with E-state index in [4.69, 9.17) is 0 Å². The minimum absolute atomic E-state index is 1.01. The Hall–Kier alpha value is 0.370. The van der Waals surface area contributed by atoms with Crippen LogP contribution in [0.3, 0.4) is 0 Å². The Kier molecular flexibility index (Phi) is 1.42. The maximum atomic E-state index is 3.27. The van der Waals surface area contributed by atoms with Gasteiger partial charge in [0.05, 0.1) is 10.5 Å². The van der Waals surface area contributed by atoms with E-state index in [2.05, 4.69) is 21.2 Å². The second-order valence-electron chi connectivity index (χ2n) is 0.954. The minimum Gasteiger partial charge on any atom is -0.370 e. The predicted molar refractivity (Wildman–Crippen MR) is 32.6 cm³/mol. The maximum absolute atomic E-state index is 3.27. The van der Waals surface area contributed by atoms with Crippen LogP contribution in [0.2, 0.25) is 0 Å². The molecule has 1 aliphatic heterocycles. The average molecular weight is 166 g/mol. The van der Waals surface area contributed by atoms with E-state index in [0.717, 1.165) is 10.5 Å². The van der Waals surface area contributed by atoms with E-state index in [1.807, 2.05) is 5.41 Å². The van der Waals surface area contributed by atoms with E-state index < -0.39 is 0 Å². The van der Waals surface area contributed by atoms with Gasteiger partial charge in [-0.2, -0.15) is 0 Å². The quantitative estimate of drug-likeness (QED) is 0.547. The van der Waals surface area contributed by atoms with Crippen molar-refractivity contribution in [3.05, 3.63) is 10.0 Å². The molecule has 0 radical (unpaired) electrons. The fourth-order valence-corrected chi connectivity index (χ4v) is 1.54. The Balaban J connectivity index is 2.45. The Morgan fingerprint density at radius 3 is 3.00 bits per heavy atom. The van der Waals surface area contributed by atoms with Gasteiger partial charge in [-0.3, -0.25) is 0 Å². The van der Waals surface area contributed by atoms with Gasteiger partial charge in [-0.1, -0.05) is 0 Å². The molecule has 0 bridgehead atoms. The van der Waals surface area contributed by atoms with E-state index in [1.165, 1.54) is 0 Å². The minimum atomic E-state index is 1.01. The third-order valence-electron chi connectivity index (χ3n) is 0.511. The first-order chi connectivity index (χ1) is 2.89. The fraction of sp³-hybridized carbons (Fsp3) is 0.333. The Morgan fingerprint density at radius 2 is 2.83 bits per heavy atom. The molecule has 0 amide bonds. The molecule has 0 spiro atoms. The summed E-state index contributed by atoms with van der Waals surface area (Å²) in [6.07, 6.45) is 0. The lowest BCUT2D eigenvalue weighted by molar-refractivity contribution is 1.07. The molecule has 1 aliphatic rings. The molecule has 0 fully saturated rings. The standard InChI is InChI=1S/C3H4BrNS/c4-3-1-6-2-5-3/h1,5H,2H2. The van der Waals surface area contributed by atoms with Gasteiger partial charge in [0.1, 0.15) is 0 Å². The van der Waals surface area contributed by atoms with Gasteiger partial charge in [0.15, 0.2) is 0 Å². The zero-order valence-electron chi connectivity index (χ0n) is 3.07. The van der Waals surface area contributed by atoms with Crippen LogP contribution in [-0.2, 0) is 0 Å². The topological polar surface area (TPSA) is 12.0 Å². The van der Waals surface area contributed by atoms with Crippen LogP contribution in [0.5, 0.6) is 0 Å². The van der Waals surface area contributed by atoms with Crippen LogP contribution >= 0.6 is 27.7 Å². The van der Waals surface area contributed by atoms with Crippen molar-refractivity contribution >= 4 is 27.7 Å². The lowest BCUT2D eigenvalue weighted by atomic mass is 11.0. The van der Waals surface area contributed by atoms with E-state index >= 15 is 0 Å². The van der Waals surface area contributed by atoms with Gasteiger partial charge >= 0.3 is 0 Å². The van der Waals surface area contributed by atoms with E-state index in [9.17, 15) is 0 Å². The van der Waals surface area contributed by atoms with Crippen molar-refractivity contribution in [1.82, 2.24) is 5.32 Å².